The first-order chi connectivity index (χ1) is 10.5. The third kappa shape index (κ3) is 2.67. The highest BCUT2D eigenvalue weighted by atomic mass is 19.1. The summed E-state index contributed by atoms with van der Waals surface area (Å²) in [7, 11) is 0. The van der Waals surface area contributed by atoms with Crippen LogP contribution in [0.1, 0.15) is 21.6 Å². The van der Waals surface area contributed by atoms with Crippen molar-refractivity contribution in [3.8, 4) is 0 Å². The molecule has 0 unspecified atom stereocenters. The summed E-state index contributed by atoms with van der Waals surface area (Å²) in [5.41, 5.74) is 1.95. The number of imidazole rings is 1. The standard InChI is InChI=1S/C16H13F2N3O/c1-10-3-2-6-21-9-14(20-15(10)21)16(22)19-8-11-7-12(17)4-5-13(11)18/h2-7,9H,8H2,1H3,(H,19,22). The zero-order chi connectivity index (χ0) is 15.7. The molecule has 22 heavy (non-hydrogen) atoms. The van der Waals surface area contributed by atoms with Gasteiger partial charge in [0.2, 0.25) is 0 Å². The summed E-state index contributed by atoms with van der Waals surface area (Å²) in [6.07, 6.45) is 3.39. The molecule has 0 aliphatic rings. The Morgan fingerprint density at radius 1 is 1.32 bits per heavy atom. The van der Waals surface area contributed by atoms with Gasteiger partial charge < -0.3 is 9.72 Å². The molecule has 1 amide bonds. The van der Waals surface area contributed by atoms with Gasteiger partial charge in [0.05, 0.1) is 0 Å². The zero-order valence-corrected chi connectivity index (χ0v) is 11.8. The fourth-order valence-corrected chi connectivity index (χ4v) is 2.21. The minimum Gasteiger partial charge on any atom is -0.346 e. The number of rotatable bonds is 3. The van der Waals surface area contributed by atoms with Crippen LogP contribution in [0, 0.1) is 18.6 Å². The molecule has 0 spiro atoms. The van der Waals surface area contributed by atoms with Gasteiger partial charge in [0.1, 0.15) is 23.0 Å². The zero-order valence-electron chi connectivity index (χ0n) is 11.8. The maximum Gasteiger partial charge on any atom is 0.271 e. The molecule has 0 bridgehead atoms. The lowest BCUT2D eigenvalue weighted by atomic mass is 10.2. The van der Waals surface area contributed by atoms with Crippen molar-refractivity contribution in [1.82, 2.24) is 14.7 Å². The Labute approximate surface area is 125 Å². The summed E-state index contributed by atoms with van der Waals surface area (Å²) in [6, 6.07) is 6.88. The Balaban J connectivity index is 1.78. The van der Waals surface area contributed by atoms with Crippen LogP contribution in [0.15, 0.2) is 42.7 Å². The molecule has 3 aromatic rings. The molecule has 3 rings (SSSR count). The van der Waals surface area contributed by atoms with E-state index in [9.17, 15) is 13.6 Å². The van der Waals surface area contributed by atoms with E-state index in [1.807, 2.05) is 19.1 Å². The van der Waals surface area contributed by atoms with Crippen molar-refractivity contribution in [2.45, 2.75) is 13.5 Å². The van der Waals surface area contributed by atoms with Crippen molar-refractivity contribution in [2.24, 2.45) is 0 Å². The van der Waals surface area contributed by atoms with Gasteiger partial charge in [-0.05, 0) is 36.8 Å². The number of hydrogen-bond donors (Lipinski definition) is 1. The first-order valence-corrected chi connectivity index (χ1v) is 6.71. The summed E-state index contributed by atoms with van der Waals surface area (Å²) in [5.74, 6) is -1.55. The van der Waals surface area contributed by atoms with E-state index in [1.165, 1.54) is 0 Å². The normalized spacial score (nSPS) is 10.9. The lowest BCUT2D eigenvalue weighted by molar-refractivity contribution is 0.0946. The lowest BCUT2D eigenvalue weighted by Gasteiger charge is -2.04. The number of hydrogen-bond acceptors (Lipinski definition) is 2. The maximum absolute atomic E-state index is 13.5. The number of fused-ring (bicyclic) bond motifs is 1. The van der Waals surface area contributed by atoms with E-state index in [1.54, 1.807) is 16.8 Å². The van der Waals surface area contributed by atoms with Gasteiger partial charge in [0, 0.05) is 24.5 Å². The van der Waals surface area contributed by atoms with Gasteiger partial charge in [-0.2, -0.15) is 0 Å². The second kappa shape index (κ2) is 5.55. The Morgan fingerprint density at radius 2 is 2.14 bits per heavy atom. The van der Waals surface area contributed by atoms with Crippen LogP contribution in [0.25, 0.3) is 5.65 Å². The third-order valence-electron chi connectivity index (χ3n) is 3.36. The Hall–Kier alpha value is -2.76. The Morgan fingerprint density at radius 3 is 2.91 bits per heavy atom. The summed E-state index contributed by atoms with van der Waals surface area (Å²) in [6.45, 7) is 1.79. The molecular weight excluding hydrogens is 288 g/mol. The highest BCUT2D eigenvalue weighted by Gasteiger charge is 2.12. The van der Waals surface area contributed by atoms with Crippen molar-refractivity contribution in [2.75, 3.05) is 0 Å². The predicted molar refractivity (Wildman–Crippen MR) is 77.5 cm³/mol. The van der Waals surface area contributed by atoms with Gasteiger partial charge in [-0.25, -0.2) is 13.8 Å². The highest BCUT2D eigenvalue weighted by molar-refractivity contribution is 5.92. The number of nitrogens with zero attached hydrogens (tertiary/aromatic N) is 2. The summed E-state index contributed by atoms with van der Waals surface area (Å²) in [4.78, 5) is 16.3. The Bertz CT molecular complexity index is 858. The van der Waals surface area contributed by atoms with Gasteiger partial charge >= 0.3 is 0 Å². The summed E-state index contributed by atoms with van der Waals surface area (Å²) in [5, 5.41) is 2.54. The molecule has 0 aliphatic carbocycles. The highest BCUT2D eigenvalue weighted by Crippen LogP contribution is 2.11. The average Bonchev–Trinajstić information content (AvgIpc) is 2.93. The first kappa shape index (κ1) is 14.2. The molecular formula is C16H13F2N3O. The minimum absolute atomic E-state index is 0.0910. The van der Waals surface area contributed by atoms with Crippen LogP contribution in [-0.2, 0) is 6.54 Å². The molecule has 0 saturated heterocycles. The lowest BCUT2D eigenvalue weighted by Crippen LogP contribution is -2.23. The molecule has 1 aromatic carbocycles. The van der Waals surface area contributed by atoms with E-state index in [-0.39, 0.29) is 17.8 Å². The number of nitrogens with one attached hydrogen (secondary N) is 1. The van der Waals surface area contributed by atoms with Crippen molar-refractivity contribution in [3.05, 3.63) is 71.2 Å². The van der Waals surface area contributed by atoms with Crippen LogP contribution in [0.5, 0.6) is 0 Å². The van der Waals surface area contributed by atoms with Crippen molar-refractivity contribution < 1.29 is 13.6 Å². The van der Waals surface area contributed by atoms with Crippen LogP contribution in [-0.4, -0.2) is 15.3 Å². The minimum atomic E-state index is -0.562. The second-order valence-corrected chi connectivity index (χ2v) is 4.97. The molecule has 0 saturated carbocycles. The van der Waals surface area contributed by atoms with Crippen molar-refractivity contribution in [1.29, 1.82) is 0 Å². The monoisotopic (exact) mass is 301 g/mol. The number of carbonyl (C=O) groups excluding carboxylic acids is 1. The van der Waals surface area contributed by atoms with Gasteiger partial charge in [-0.3, -0.25) is 4.79 Å². The molecule has 4 nitrogen and oxygen atoms in total. The van der Waals surface area contributed by atoms with E-state index in [0.29, 0.717) is 5.65 Å². The van der Waals surface area contributed by atoms with Crippen LogP contribution in [0.3, 0.4) is 0 Å². The summed E-state index contributed by atoms with van der Waals surface area (Å²) >= 11 is 0. The molecule has 2 aromatic heterocycles. The SMILES string of the molecule is Cc1cccn2cc(C(=O)NCc3cc(F)ccc3F)nc12. The van der Waals surface area contributed by atoms with Gasteiger partial charge in [0.25, 0.3) is 5.91 Å². The predicted octanol–water partition coefficient (Wildman–Crippen LogP) is 2.85. The smallest absolute Gasteiger partial charge is 0.271 e. The molecule has 0 aliphatic heterocycles. The van der Waals surface area contributed by atoms with Crippen molar-refractivity contribution >= 4 is 11.6 Å². The topological polar surface area (TPSA) is 46.4 Å². The molecule has 0 atom stereocenters. The van der Waals surface area contributed by atoms with E-state index in [2.05, 4.69) is 10.3 Å². The average molecular weight is 301 g/mol. The molecule has 6 heteroatoms. The van der Waals surface area contributed by atoms with Gasteiger partial charge in [-0.1, -0.05) is 6.07 Å². The van der Waals surface area contributed by atoms with Crippen LogP contribution < -0.4 is 5.32 Å². The number of amides is 1. The first-order valence-electron chi connectivity index (χ1n) is 6.71. The largest absolute Gasteiger partial charge is 0.346 e. The van der Waals surface area contributed by atoms with Crippen LogP contribution >= 0.6 is 0 Å². The number of aryl methyl sites for hydroxylation is 1. The van der Waals surface area contributed by atoms with E-state index in [0.717, 1.165) is 23.8 Å². The third-order valence-corrected chi connectivity index (χ3v) is 3.36. The number of aromatic nitrogens is 2. The van der Waals surface area contributed by atoms with Crippen LogP contribution in [0.2, 0.25) is 0 Å². The Kier molecular flexibility index (Phi) is 3.58. The molecule has 0 fully saturated rings. The van der Waals surface area contributed by atoms with E-state index < -0.39 is 17.5 Å². The number of halogens is 2. The molecule has 1 N–H and O–H groups in total. The van der Waals surface area contributed by atoms with E-state index >= 15 is 0 Å². The summed E-state index contributed by atoms with van der Waals surface area (Å²) < 4.78 is 28.3. The fraction of sp³-hybridized carbons (Fsp3) is 0.125. The van der Waals surface area contributed by atoms with E-state index in [4.69, 9.17) is 0 Å². The van der Waals surface area contributed by atoms with Gasteiger partial charge in [0.15, 0.2) is 0 Å². The number of pyridine rings is 1. The molecule has 112 valence electrons. The number of benzene rings is 1. The number of carbonyl (C=O) groups is 1. The van der Waals surface area contributed by atoms with Crippen LogP contribution in [0.4, 0.5) is 8.78 Å². The maximum atomic E-state index is 13.5. The quantitative estimate of drug-likeness (QED) is 0.808. The fourth-order valence-electron chi connectivity index (χ4n) is 2.21. The molecule has 2 heterocycles. The second-order valence-electron chi connectivity index (χ2n) is 4.97. The van der Waals surface area contributed by atoms with Crippen molar-refractivity contribution in [3.63, 3.8) is 0 Å². The molecule has 0 radical (unpaired) electrons. The van der Waals surface area contributed by atoms with Gasteiger partial charge in [-0.15, -0.1) is 0 Å².